The van der Waals surface area contributed by atoms with Gasteiger partial charge in [0.15, 0.2) is 5.78 Å². The number of aromatic nitrogens is 2. The predicted octanol–water partition coefficient (Wildman–Crippen LogP) is 2.11. The zero-order valence-corrected chi connectivity index (χ0v) is 9.76. The lowest BCUT2D eigenvalue weighted by atomic mass is 10.1. The highest BCUT2D eigenvalue weighted by molar-refractivity contribution is 6.09. The quantitative estimate of drug-likeness (QED) is 0.645. The highest BCUT2D eigenvalue weighted by Gasteiger charge is 2.11. The first-order valence-corrected chi connectivity index (χ1v) is 5.63. The summed E-state index contributed by atoms with van der Waals surface area (Å²) in [5.41, 5.74) is 7.45. The molecule has 2 aromatic rings. The van der Waals surface area contributed by atoms with Crippen molar-refractivity contribution in [1.29, 1.82) is 0 Å². The number of ketones is 1. The standard InChI is InChI=1S/C13H15N3O/c1-2-6-16-9-11(8-15-16)13(17)10-4-3-5-12(14)7-10/h3-5,7-9H,2,6,14H2,1H3. The van der Waals surface area contributed by atoms with Gasteiger partial charge >= 0.3 is 0 Å². The number of nitrogen functional groups attached to an aromatic ring is 1. The zero-order chi connectivity index (χ0) is 12.3. The first-order chi connectivity index (χ1) is 8.20. The van der Waals surface area contributed by atoms with Crippen LogP contribution in [0.1, 0.15) is 29.3 Å². The van der Waals surface area contributed by atoms with Crippen molar-refractivity contribution in [2.24, 2.45) is 0 Å². The average Bonchev–Trinajstić information content (AvgIpc) is 2.77. The monoisotopic (exact) mass is 229 g/mol. The Bertz CT molecular complexity index is 531. The van der Waals surface area contributed by atoms with E-state index in [-0.39, 0.29) is 5.78 Å². The van der Waals surface area contributed by atoms with E-state index in [1.54, 1.807) is 41.3 Å². The van der Waals surface area contributed by atoms with E-state index >= 15 is 0 Å². The predicted molar refractivity (Wildman–Crippen MR) is 66.8 cm³/mol. The van der Waals surface area contributed by atoms with E-state index in [1.807, 2.05) is 0 Å². The molecular formula is C13H15N3O. The van der Waals surface area contributed by atoms with Crippen LogP contribution < -0.4 is 5.73 Å². The van der Waals surface area contributed by atoms with Gasteiger partial charge in [-0.05, 0) is 18.6 Å². The van der Waals surface area contributed by atoms with Gasteiger partial charge in [0, 0.05) is 24.0 Å². The van der Waals surface area contributed by atoms with Gasteiger partial charge in [0.1, 0.15) is 0 Å². The summed E-state index contributed by atoms with van der Waals surface area (Å²) >= 11 is 0. The molecule has 2 rings (SSSR count). The number of carbonyl (C=O) groups excluding carboxylic acids is 1. The van der Waals surface area contributed by atoms with Crippen molar-refractivity contribution in [3.8, 4) is 0 Å². The van der Waals surface area contributed by atoms with Crippen LogP contribution in [0.5, 0.6) is 0 Å². The fraction of sp³-hybridized carbons (Fsp3) is 0.231. The van der Waals surface area contributed by atoms with Crippen LogP contribution in [0.3, 0.4) is 0 Å². The lowest BCUT2D eigenvalue weighted by molar-refractivity contribution is 0.103. The normalized spacial score (nSPS) is 10.4. The molecule has 0 radical (unpaired) electrons. The minimum absolute atomic E-state index is 0.0420. The first-order valence-electron chi connectivity index (χ1n) is 5.63. The molecular weight excluding hydrogens is 214 g/mol. The zero-order valence-electron chi connectivity index (χ0n) is 9.76. The maximum absolute atomic E-state index is 12.1. The third-order valence-electron chi connectivity index (χ3n) is 2.50. The smallest absolute Gasteiger partial charge is 0.196 e. The molecule has 0 unspecified atom stereocenters. The summed E-state index contributed by atoms with van der Waals surface area (Å²) in [7, 11) is 0. The number of anilines is 1. The number of benzene rings is 1. The third-order valence-corrected chi connectivity index (χ3v) is 2.50. The summed E-state index contributed by atoms with van der Waals surface area (Å²) in [5, 5.41) is 4.14. The third kappa shape index (κ3) is 2.53. The van der Waals surface area contributed by atoms with Gasteiger partial charge in [-0.25, -0.2) is 0 Å². The number of nitrogens with zero attached hydrogens (tertiary/aromatic N) is 2. The number of hydrogen-bond donors (Lipinski definition) is 1. The Hall–Kier alpha value is -2.10. The van der Waals surface area contributed by atoms with Gasteiger partial charge in [0.2, 0.25) is 0 Å². The van der Waals surface area contributed by atoms with E-state index in [9.17, 15) is 4.79 Å². The number of carbonyl (C=O) groups is 1. The van der Waals surface area contributed by atoms with Crippen molar-refractivity contribution in [3.05, 3.63) is 47.8 Å². The molecule has 1 heterocycles. The van der Waals surface area contributed by atoms with Crippen molar-refractivity contribution in [2.45, 2.75) is 19.9 Å². The van der Waals surface area contributed by atoms with Gasteiger partial charge in [-0.15, -0.1) is 0 Å². The van der Waals surface area contributed by atoms with Gasteiger partial charge in [-0.3, -0.25) is 9.48 Å². The van der Waals surface area contributed by atoms with E-state index in [2.05, 4.69) is 12.0 Å². The molecule has 4 heteroatoms. The molecule has 0 saturated carbocycles. The van der Waals surface area contributed by atoms with E-state index in [1.165, 1.54) is 0 Å². The molecule has 0 spiro atoms. The molecule has 0 aliphatic rings. The lowest BCUT2D eigenvalue weighted by Crippen LogP contribution is -2.01. The van der Waals surface area contributed by atoms with Crippen LogP contribution in [0, 0.1) is 0 Å². The summed E-state index contributed by atoms with van der Waals surface area (Å²) in [4.78, 5) is 12.1. The molecule has 0 fully saturated rings. The minimum atomic E-state index is -0.0420. The number of hydrogen-bond acceptors (Lipinski definition) is 3. The Morgan fingerprint density at radius 1 is 1.41 bits per heavy atom. The Morgan fingerprint density at radius 3 is 2.94 bits per heavy atom. The van der Waals surface area contributed by atoms with Crippen LogP contribution >= 0.6 is 0 Å². The average molecular weight is 229 g/mol. The molecule has 17 heavy (non-hydrogen) atoms. The maximum atomic E-state index is 12.1. The minimum Gasteiger partial charge on any atom is -0.399 e. The van der Waals surface area contributed by atoms with Gasteiger partial charge in [0.05, 0.1) is 11.8 Å². The van der Waals surface area contributed by atoms with Crippen LogP contribution in [0.2, 0.25) is 0 Å². The van der Waals surface area contributed by atoms with Crippen LogP contribution in [-0.4, -0.2) is 15.6 Å². The van der Waals surface area contributed by atoms with Gasteiger partial charge in [0.25, 0.3) is 0 Å². The van der Waals surface area contributed by atoms with Crippen molar-refractivity contribution in [3.63, 3.8) is 0 Å². The molecule has 1 aromatic heterocycles. The van der Waals surface area contributed by atoms with E-state index in [4.69, 9.17) is 5.73 Å². The Labute approximate surface area is 100 Å². The second kappa shape index (κ2) is 4.82. The van der Waals surface area contributed by atoms with E-state index in [0.29, 0.717) is 16.8 Å². The highest BCUT2D eigenvalue weighted by atomic mass is 16.1. The van der Waals surface area contributed by atoms with Gasteiger partial charge < -0.3 is 5.73 Å². The second-order valence-corrected chi connectivity index (χ2v) is 3.95. The first kappa shape index (κ1) is 11.4. The highest BCUT2D eigenvalue weighted by Crippen LogP contribution is 2.12. The number of rotatable bonds is 4. The van der Waals surface area contributed by atoms with Crippen LogP contribution in [0.4, 0.5) is 5.69 Å². The fourth-order valence-corrected chi connectivity index (χ4v) is 1.68. The summed E-state index contributed by atoms with van der Waals surface area (Å²) < 4.78 is 1.78. The Balaban J connectivity index is 2.24. The summed E-state index contributed by atoms with van der Waals surface area (Å²) in [6.45, 7) is 2.89. The molecule has 0 aliphatic carbocycles. The van der Waals surface area contributed by atoms with Gasteiger partial charge in [-0.2, -0.15) is 5.10 Å². The fourth-order valence-electron chi connectivity index (χ4n) is 1.68. The van der Waals surface area contributed by atoms with E-state index < -0.39 is 0 Å². The number of aryl methyl sites for hydroxylation is 1. The summed E-state index contributed by atoms with van der Waals surface area (Å²) in [5.74, 6) is -0.0420. The Kier molecular flexibility index (Phi) is 3.23. The Morgan fingerprint density at radius 2 is 2.24 bits per heavy atom. The van der Waals surface area contributed by atoms with Crippen LogP contribution in [0.25, 0.3) is 0 Å². The van der Waals surface area contributed by atoms with E-state index in [0.717, 1.165) is 13.0 Å². The molecule has 88 valence electrons. The molecule has 0 atom stereocenters. The number of nitrogens with two attached hydrogens (primary N) is 1. The summed E-state index contributed by atoms with van der Waals surface area (Å²) in [6.07, 6.45) is 4.36. The van der Waals surface area contributed by atoms with Crippen LogP contribution in [-0.2, 0) is 6.54 Å². The molecule has 0 amide bonds. The molecule has 2 N–H and O–H groups in total. The summed E-state index contributed by atoms with van der Waals surface area (Å²) in [6, 6.07) is 6.98. The van der Waals surface area contributed by atoms with Crippen molar-refractivity contribution in [2.75, 3.05) is 5.73 Å². The molecule has 0 bridgehead atoms. The van der Waals surface area contributed by atoms with Crippen molar-refractivity contribution in [1.82, 2.24) is 9.78 Å². The molecule has 4 nitrogen and oxygen atoms in total. The van der Waals surface area contributed by atoms with Crippen LogP contribution in [0.15, 0.2) is 36.7 Å². The molecule has 1 aromatic carbocycles. The van der Waals surface area contributed by atoms with Crippen molar-refractivity contribution >= 4 is 11.5 Å². The topological polar surface area (TPSA) is 60.9 Å². The van der Waals surface area contributed by atoms with Gasteiger partial charge in [-0.1, -0.05) is 19.1 Å². The SMILES string of the molecule is CCCn1cc(C(=O)c2cccc(N)c2)cn1. The maximum Gasteiger partial charge on any atom is 0.196 e. The van der Waals surface area contributed by atoms with Crippen molar-refractivity contribution < 1.29 is 4.79 Å². The molecule has 0 saturated heterocycles. The second-order valence-electron chi connectivity index (χ2n) is 3.95. The lowest BCUT2D eigenvalue weighted by Gasteiger charge is -1.99. The molecule has 0 aliphatic heterocycles. The largest absolute Gasteiger partial charge is 0.399 e.